The van der Waals surface area contributed by atoms with Gasteiger partial charge in [0.25, 0.3) is 5.91 Å². The normalized spacial score (nSPS) is 19.9. The number of nitrogens with zero attached hydrogens (tertiary/aromatic N) is 1. The molecule has 5 nitrogen and oxygen atoms in total. The van der Waals surface area contributed by atoms with Crippen molar-refractivity contribution in [1.82, 2.24) is 10.3 Å². The Morgan fingerprint density at radius 3 is 3.10 bits per heavy atom. The Hall–Kier alpha value is -1.33. The largest absolute Gasteiger partial charge is 0.478 e. The SMILES string of the molecule is CCOc1ccc(Cl)c(C(=O)NC(C)C2CCCOC2)n1. The van der Waals surface area contributed by atoms with Crippen LogP contribution in [0.3, 0.4) is 0 Å². The Morgan fingerprint density at radius 1 is 1.62 bits per heavy atom. The summed E-state index contributed by atoms with van der Waals surface area (Å²) in [7, 11) is 0. The van der Waals surface area contributed by atoms with Crippen LogP contribution in [0.4, 0.5) is 0 Å². The Morgan fingerprint density at radius 2 is 2.43 bits per heavy atom. The number of amides is 1. The van der Waals surface area contributed by atoms with Crippen LogP contribution in [-0.2, 0) is 4.74 Å². The molecule has 1 amide bonds. The third-order valence-corrected chi connectivity index (χ3v) is 3.89. The van der Waals surface area contributed by atoms with Crippen molar-refractivity contribution in [3.05, 3.63) is 22.8 Å². The number of carbonyl (C=O) groups is 1. The van der Waals surface area contributed by atoms with Gasteiger partial charge < -0.3 is 14.8 Å². The third kappa shape index (κ3) is 4.32. The maximum atomic E-state index is 12.3. The van der Waals surface area contributed by atoms with E-state index in [4.69, 9.17) is 21.1 Å². The van der Waals surface area contributed by atoms with Crippen LogP contribution in [0.2, 0.25) is 5.02 Å². The van der Waals surface area contributed by atoms with Crippen molar-refractivity contribution >= 4 is 17.5 Å². The average molecular weight is 313 g/mol. The van der Waals surface area contributed by atoms with E-state index in [1.54, 1.807) is 12.1 Å². The number of carbonyl (C=O) groups excluding carboxylic acids is 1. The summed E-state index contributed by atoms with van der Waals surface area (Å²) in [6, 6.07) is 3.30. The van der Waals surface area contributed by atoms with Gasteiger partial charge in [-0.15, -0.1) is 0 Å². The first-order valence-electron chi connectivity index (χ1n) is 7.29. The summed E-state index contributed by atoms with van der Waals surface area (Å²) in [5.74, 6) is 0.455. The zero-order valence-corrected chi connectivity index (χ0v) is 13.2. The summed E-state index contributed by atoms with van der Waals surface area (Å²) in [4.78, 5) is 16.5. The molecule has 1 saturated heterocycles. The fourth-order valence-electron chi connectivity index (χ4n) is 2.36. The first-order valence-corrected chi connectivity index (χ1v) is 7.67. The second-order valence-electron chi connectivity index (χ2n) is 5.15. The molecule has 0 aromatic carbocycles. The van der Waals surface area contributed by atoms with Crippen LogP contribution in [0.15, 0.2) is 12.1 Å². The molecule has 0 saturated carbocycles. The summed E-state index contributed by atoms with van der Waals surface area (Å²) in [6.07, 6.45) is 2.09. The predicted molar refractivity (Wildman–Crippen MR) is 80.9 cm³/mol. The van der Waals surface area contributed by atoms with E-state index < -0.39 is 0 Å². The van der Waals surface area contributed by atoms with Crippen LogP contribution in [0.1, 0.15) is 37.2 Å². The van der Waals surface area contributed by atoms with Gasteiger partial charge in [-0.3, -0.25) is 4.79 Å². The summed E-state index contributed by atoms with van der Waals surface area (Å²) in [5, 5.41) is 3.28. The van der Waals surface area contributed by atoms with E-state index in [0.717, 1.165) is 19.4 Å². The lowest BCUT2D eigenvalue weighted by Crippen LogP contribution is -2.41. The second-order valence-corrected chi connectivity index (χ2v) is 5.56. The maximum Gasteiger partial charge on any atom is 0.271 e. The molecule has 1 fully saturated rings. The van der Waals surface area contributed by atoms with Crippen molar-refractivity contribution in [3.63, 3.8) is 0 Å². The number of hydrogen-bond donors (Lipinski definition) is 1. The molecule has 21 heavy (non-hydrogen) atoms. The van der Waals surface area contributed by atoms with E-state index in [0.29, 0.717) is 30.0 Å². The molecule has 0 radical (unpaired) electrons. The fourth-order valence-corrected chi connectivity index (χ4v) is 2.56. The minimum absolute atomic E-state index is 0.0198. The van der Waals surface area contributed by atoms with Crippen molar-refractivity contribution in [2.24, 2.45) is 5.92 Å². The molecule has 2 rings (SSSR count). The molecule has 1 aromatic heterocycles. The Balaban J connectivity index is 2.03. The van der Waals surface area contributed by atoms with Crippen molar-refractivity contribution in [3.8, 4) is 5.88 Å². The molecule has 2 atom stereocenters. The van der Waals surface area contributed by atoms with Gasteiger partial charge in [-0.2, -0.15) is 0 Å². The third-order valence-electron chi connectivity index (χ3n) is 3.59. The number of nitrogens with one attached hydrogen (secondary N) is 1. The molecule has 1 aliphatic heterocycles. The number of rotatable bonds is 5. The van der Waals surface area contributed by atoms with Gasteiger partial charge in [0.1, 0.15) is 0 Å². The standard InChI is InChI=1S/C15H21ClN2O3/c1-3-21-13-7-6-12(16)14(18-13)15(19)17-10(2)11-5-4-8-20-9-11/h6-7,10-11H,3-5,8-9H2,1-2H3,(H,17,19). The lowest BCUT2D eigenvalue weighted by molar-refractivity contribution is 0.0409. The quantitative estimate of drug-likeness (QED) is 0.908. The van der Waals surface area contributed by atoms with E-state index >= 15 is 0 Å². The molecule has 0 bridgehead atoms. The minimum Gasteiger partial charge on any atom is -0.478 e. The highest BCUT2D eigenvalue weighted by molar-refractivity contribution is 6.33. The first-order chi connectivity index (χ1) is 10.1. The van der Waals surface area contributed by atoms with Gasteiger partial charge in [0.05, 0.1) is 18.2 Å². The van der Waals surface area contributed by atoms with Crippen LogP contribution >= 0.6 is 11.6 Å². The zero-order chi connectivity index (χ0) is 15.2. The smallest absolute Gasteiger partial charge is 0.271 e. The number of ether oxygens (including phenoxy) is 2. The molecule has 0 aliphatic carbocycles. The molecule has 2 unspecified atom stereocenters. The van der Waals surface area contributed by atoms with Gasteiger partial charge in [-0.05, 0) is 32.8 Å². The number of pyridine rings is 1. The Bertz CT molecular complexity index is 490. The number of hydrogen-bond acceptors (Lipinski definition) is 4. The molecular weight excluding hydrogens is 292 g/mol. The monoisotopic (exact) mass is 312 g/mol. The van der Waals surface area contributed by atoms with Crippen LogP contribution in [0.25, 0.3) is 0 Å². The highest BCUT2D eigenvalue weighted by atomic mass is 35.5. The number of aromatic nitrogens is 1. The van der Waals surface area contributed by atoms with Gasteiger partial charge in [-0.25, -0.2) is 4.98 Å². The summed E-state index contributed by atoms with van der Waals surface area (Å²) in [6.45, 7) is 5.83. The average Bonchev–Trinajstić information content (AvgIpc) is 2.50. The van der Waals surface area contributed by atoms with Gasteiger partial charge in [-0.1, -0.05) is 11.6 Å². The molecular formula is C15H21ClN2O3. The highest BCUT2D eigenvalue weighted by Gasteiger charge is 2.24. The molecule has 0 spiro atoms. The summed E-state index contributed by atoms with van der Waals surface area (Å²) < 4.78 is 10.8. The van der Waals surface area contributed by atoms with Gasteiger partial charge >= 0.3 is 0 Å². The predicted octanol–water partition coefficient (Wildman–Crippen LogP) is 2.68. The molecule has 116 valence electrons. The minimum atomic E-state index is -0.278. The van der Waals surface area contributed by atoms with Gasteiger partial charge in [0.15, 0.2) is 5.69 Å². The molecule has 1 N–H and O–H groups in total. The van der Waals surface area contributed by atoms with E-state index in [1.165, 1.54) is 0 Å². The fraction of sp³-hybridized carbons (Fsp3) is 0.600. The van der Waals surface area contributed by atoms with Crippen LogP contribution < -0.4 is 10.1 Å². The molecule has 2 heterocycles. The van der Waals surface area contributed by atoms with E-state index in [-0.39, 0.29) is 17.6 Å². The van der Waals surface area contributed by atoms with Crippen LogP contribution in [0.5, 0.6) is 5.88 Å². The Labute approximate surface area is 130 Å². The lowest BCUT2D eigenvalue weighted by Gasteiger charge is -2.28. The lowest BCUT2D eigenvalue weighted by atomic mass is 9.95. The van der Waals surface area contributed by atoms with Crippen molar-refractivity contribution in [1.29, 1.82) is 0 Å². The van der Waals surface area contributed by atoms with Gasteiger partial charge in [0.2, 0.25) is 5.88 Å². The topological polar surface area (TPSA) is 60.5 Å². The van der Waals surface area contributed by atoms with Crippen LogP contribution in [-0.4, -0.2) is 36.8 Å². The molecule has 1 aliphatic rings. The molecule has 1 aromatic rings. The van der Waals surface area contributed by atoms with Crippen LogP contribution in [0, 0.1) is 5.92 Å². The molecule has 6 heteroatoms. The number of halogens is 1. The first kappa shape index (κ1) is 16.0. The maximum absolute atomic E-state index is 12.3. The summed E-state index contributed by atoms with van der Waals surface area (Å²) in [5.41, 5.74) is 0.200. The van der Waals surface area contributed by atoms with E-state index in [1.807, 2.05) is 13.8 Å². The Kier molecular flexibility index (Phi) is 5.82. The van der Waals surface area contributed by atoms with Gasteiger partial charge in [0, 0.05) is 24.6 Å². The zero-order valence-electron chi connectivity index (χ0n) is 12.4. The highest BCUT2D eigenvalue weighted by Crippen LogP contribution is 2.20. The van der Waals surface area contributed by atoms with Crippen molar-refractivity contribution in [2.45, 2.75) is 32.7 Å². The summed E-state index contributed by atoms with van der Waals surface area (Å²) >= 11 is 6.06. The van der Waals surface area contributed by atoms with E-state index in [9.17, 15) is 4.79 Å². The van der Waals surface area contributed by atoms with Crippen molar-refractivity contribution in [2.75, 3.05) is 19.8 Å². The van der Waals surface area contributed by atoms with Crippen molar-refractivity contribution < 1.29 is 14.3 Å². The second kappa shape index (κ2) is 7.61. The van der Waals surface area contributed by atoms with E-state index in [2.05, 4.69) is 10.3 Å².